The van der Waals surface area contributed by atoms with E-state index >= 15 is 0 Å². The van der Waals surface area contributed by atoms with Gasteiger partial charge in [0, 0.05) is 18.9 Å². The molecule has 0 spiro atoms. The molecule has 1 aromatic carbocycles. The van der Waals surface area contributed by atoms with Crippen molar-refractivity contribution in [1.82, 2.24) is 9.97 Å². The van der Waals surface area contributed by atoms with Crippen LogP contribution in [0, 0.1) is 6.92 Å². The van der Waals surface area contributed by atoms with Gasteiger partial charge in [-0.3, -0.25) is 0 Å². The van der Waals surface area contributed by atoms with Gasteiger partial charge in [0.15, 0.2) is 5.82 Å². The first kappa shape index (κ1) is 18.0. The molecule has 0 fully saturated rings. The van der Waals surface area contributed by atoms with Crippen LogP contribution in [-0.2, 0) is 6.18 Å². The van der Waals surface area contributed by atoms with Gasteiger partial charge in [-0.05, 0) is 39.8 Å². The summed E-state index contributed by atoms with van der Waals surface area (Å²) in [5, 5.41) is 0. The molecule has 0 atom stereocenters. The highest BCUT2D eigenvalue weighted by Crippen LogP contribution is 2.37. The second kappa shape index (κ2) is 6.30. The maximum atomic E-state index is 13.3. The summed E-state index contributed by atoms with van der Waals surface area (Å²) in [7, 11) is 1.53. The summed E-state index contributed by atoms with van der Waals surface area (Å²) < 4.78 is 45.4. The van der Waals surface area contributed by atoms with Crippen molar-refractivity contribution in [2.75, 3.05) is 11.9 Å². The Kier molecular flexibility index (Phi) is 4.73. The van der Waals surface area contributed by atoms with Gasteiger partial charge in [0.2, 0.25) is 0 Å². The van der Waals surface area contributed by atoms with Gasteiger partial charge in [-0.1, -0.05) is 17.7 Å². The SMILES string of the molecule is Cc1ccc(N(C)c2nc(OC(C)(C)C)ncc2C(F)(F)F)cc1. The third-order valence-corrected chi connectivity index (χ3v) is 3.19. The normalized spacial score (nSPS) is 12.2. The fourth-order valence-electron chi connectivity index (χ4n) is 2.03. The van der Waals surface area contributed by atoms with Crippen LogP contribution in [0.15, 0.2) is 30.5 Å². The Labute approximate surface area is 139 Å². The lowest BCUT2D eigenvalue weighted by Crippen LogP contribution is -2.26. The molecule has 1 aromatic heterocycles. The molecule has 0 radical (unpaired) electrons. The monoisotopic (exact) mass is 339 g/mol. The molecule has 0 aliphatic carbocycles. The van der Waals surface area contributed by atoms with Gasteiger partial charge in [-0.25, -0.2) is 4.98 Å². The summed E-state index contributed by atoms with van der Waals surface area (Å²) in [6, 6.07) is 7.04. The Balaban J connectivity index is 2.50. The van der Waals surface area contributed by atoms with Crippen LogP contribution in [-0.4, -0.2) is 22.6 Å². The molecule has 0 aliphatic heterocycles. The lowest BCUT2D eigenvalue weighted by atomic mass is 10.2. The molecule has 24 heavy (non-hydrogen) atoms. The molecule has 4 nitrogen and oxygen atoms in total. The molecule has 0 saturated heterocycles. The number of hydrogen-bond acceptors (Lipinski definition) is 4. The van der Waals surface area contributed by atoms with E-state index in [0.717, 1.165) is 11.8 Å². The zero-order valence-electron chi connectivity index (χ0n) is 14.3. The van der Waals surface area contributed by atoms with Crippen LogP contribution < -0.4 is 9.64 Å². The van der Waals surface area contributed by atoms with E-state index in [4.69, 9.17) is 4.74 Å². The molecule has 0 aliphatic rings. The Bertz CT molecular complexity index is 707. The Morgan fingerprint density at radius 2 is 1.62 bits per heavy atom. The maximum absolute atomic E-state index is 13.3. The molecule has 2 rings (SSSR count). The van der Waals surface area contributed by atoms with Crippen LogP contribution in [0.25, 0.3) is 0 Å². The first-order valence-corrected chi connectivity index (χ1v) is 7.41. The van der Waals surface area contributed by atoms with Crippen LogP contribution >= 0.6 is 0 Å². The Morgan fingerprint density at radius 1 is 1.04 bits per heavy atom. The van der Waals surface area contributed by atoms with E-state index in [0.29, 0.717) is 5.69 Å². The van der Waals surface area contributed by atoms with E-state index in [1.165, 1.54) is 11.9 Å². The third-order valence-electron chi connectivity index (χ3n) is 3.19. The van der Waals surface area contributed by atoms with Crippen molar-refractivity contribution >= 4 is 11.5 Å². The van der Waals surface area contributed by atoms with Crippen molar-refractivity contribution < 1.29 is 17.9 Å². The molecule has 1 heterocycles. The molecule has 0 saturated carbocycles. The van der Waals surface area contributed by atoms with Gasteiger partial charge in [0.05, 0.1) is 0 Å². The standard InChI is InChI=1S/C17H20F3N3O/c1-11-6-8-12(9-7-11)23(5)14-13(17(18,19)20)10-21-15(22-14)24-16(2,3)4/h6-10H,1-5H3. The maximum Gasteiger partial charge on any atom is 0.421 e. The Morgan fingerprint density at radius 3 is 2.12 bits per heavy atom. The van der Waals surface area contributed by atoms with Crippen LogP contribution in [0.2, 0.25) is 0 Å². The minimum atomic E-state index is -4.56. The predicted octanol–water partition coefficient (Wildman–Crippen LogP) is 4.75. The first-order chi connectivity index (χ1) is 11.0. The van der Waals surface area contributed by atoms with E-state index in [1.54, 1.807) is 32.9 Å². The highest BCUT2D eigenvalue weighted by atomic mass is 19.4. The molecule has 130 valence electrons. The van der Waals surface area contributed by atoms with Gasteiger partial charge in [-0.15, -0.1) is 0 Å². The summed E-state index contributed by atoms with van der Waals surface area (Å²) in [5.74, 6) is -0.249. The summed E-state index contributed by atoms with van der Waals surface area (Å²) >= 11 is 0. The van der Waals surface area contributed by atoms with E-state index in [1.807, 2.05) is 19.1 Å². The zero-order valence-corrected chi connectivity index (χ0v) is 14.3. The van der Waals surface area contributed by atoms with Crippen molar-refractivity contribution in [1.29, 1.82) is 0 Å². The first-order valence-electron chi connectivity index (χ1n) is 7.41. The highest BCUT2D eigenvalue weighted by Gasteiger charge is 2.37. The average Bonchev–Trinajstić information content (AvgIpc) is 2.44. The smallest absolute Gasteiger partial charge is 0.421 e. The van der Waals surface area contributed by atoms with Crippen molar-refractivity contribution in [2.45, 2.75) is 39.5 Å². The molecular formula is C17H20F3N3O. The number of ether oxygens (including phenoxy) is 1. The van der Waals surface area contributed by atoms with Crippen LogP contribution in [0.1, 0.15) is 31.9 Å². The van der Waals surface area contributed by atoms with E-state index in [2.05, 4.69) is 9.97 Å². The molecular weight excluding hydrogens is 319 g/mol. The Hall–Kier alpha value is -2.31. The molecule has 7 heteroatoms. The molecule has 0 bridgehead atoms. The second-order valence-corrected chi connectivity index (χ2v) is 6.50. The molecule has 2 aromatic rings. The number of aryl methyl sites for hydroxylation is 1. The predicted molar refractivity (Wildman–Crippen MR) is 86.7 cm³/mol. The average molecular weight is 339 g/mol. The van der Waals surface area contributed by atoms with Crippen LogP contribution in [0.4, 0.5) is 24.7 Å². The number of aromatic nitrogens is 2. The van der Waals surface area contributed by atoms with Crippen molar-refractivity contribution in [3.8, 4) is 6.01 Å². The number of benzene rings is 1. The largest absolute Gasteiger partial charge is 0.458 e. The number of anilines is 2. The topological polar surface area (TPSA) is 38.2 Å². The van der Waals surface area contributed by atoms with Crippen molar-refractivity contribution in [3.63, 3.8) is 0 Å². The quantitative estimate of drug-likeness (QED) is 0.809. The fourth-order valence-corrected chi connectivity index (χ4v) is 2.03. The lowest BCUT2D eigenvalue weighted by molar-refractivity contribution is -0.137. The minimum absolute atomic E-state index is 0.0931. The number of alkyl halides is 3. The van der Waals surface area contributed by atoms with Crippen LogP contribution in [0.5, 0.6) is 6.01 Å². The third kappa shape index (κ3) is 4.37. The van der Waals surface area contributed by atoms with Gasteiger partial charge in [-0.2, -0.15) is 18.2 Å². The fraction of sp³-hybridized carbons (Fsp3) is 0.412. The van der Waals surface area contributed by atoms with Gasteiger partial charge in [0.25, 0.3) is 0 Å². The van der Waals surface area contributed by atoms with Gasteiger partial charge < -0.3 is 9.64 Å². The molecule has 0 N–H and O–H groups in total. The summed E-state index contributed by atoms with van der Waals surface area (Å²) in [4.78, 5) is 9.07. The number of nitrogens with zero attached hydrogens (tertiary/aromatic N) is 3. The number of hydrogen-bond donors (Lipinski definition) is 0. The highest BCUT2D eigenvalue weighted by molar-refractivity contribution is 5.63. The zero-order chi connectivity index (χ0) is 18.1. The summed E-state index contributed by atoms with van der Waals surface area (Å²) in [6.45, 7) is 7.23. The van der Waals surface area contributed by atoms with Gasteiger partial charge in [0.1, 0.15) is 11.2 Å². The van der Waals surface area contributed by atoms with E-state index in [9.17, 15) is 13.2 Å². The number of rotatable bonds is 3. The van der Waals surface area contributed by atoms with Crippen LogP contribution in [0.3, 0.4) is 0 Å². The summed E-state index contributed by atoms with van der Waals surface area (Å²) in [6.07, 6.45) is -3.80. The lowest BCUT2D eigenvalue weighted by Gasteiger charge is -2.24. The van der Waals surface area contributed by atoms with E-state index < -0.39 is 17.3 Å². The number of halogens is 3. The van der Waals surface area contributed by atoms with Gasteiger partial charge >= 0.3 is 12.2 Å². The van der Waals surface area contributed by atoms with E-state index in [-0.39, 0.29) is 11.8 Å². The molecule has 0 unspecified atom stereocenters. The minimum Gasteiger partial charge on any atom is -0.458 e. The molecule has 0 amide bonds. The van der Waals surface area contributed by atoms with Crippen molar-refractivity contribution in [2.24, 2.45) is 0 Å². The summed E-state index contributed by atoms with van der Waals surface area (Å²) in [5.41, 5.74) is 0.0837. The second-order valence-electron chi connectivity index (χ2n) is 6.50. The van der Waals surface area contributed by atoms with Crippen molar-refractivity contribution in [3.05, 3.63) is 41.6 Å².